The number of hydrogen-bond acceptors (Lipinski definition) is 5. The molecule has 0 atom stereocenters. The van der Waals surface area contributed by atoms with E-state index in [1.54, 1.807) is 24.3 Å². The summed E-state index contributed by atoms with van der Waals surface area (Å²) in [6, 6.07) is 13.0. The second-order valence-electron chi connectivity index (χ2n) is 8.73. The van der Waals surface area contributed by atoms with Gasteiger partial charge in [-0.25, -0.2) is 0 Å². The molecule has 1 saturated heterocycles. The summed E-state index contributed by atoms with van der Waals surface area (Å²) >= 11 is 13.5. The van der Waals surface area contributed by atoms with Crippen molar-refractivity contribution < 1.29 is 14.3 Å². The molecule has 34 heavy (non-hydrogen) atoms. The molecule has 2 aliphatic rings. The van der Waals surface area contributed by atoms with Crippen molar-refractivity contribution in [2.75, 3.05) is 19.6 Å². The van der Waals surface area contributed by atoms with Crippen LogP contribution < -0.4 is 10.5 Å². The van der Waals surface area contributed by atoms with E-state index in [0.717, 1.165) is 27.3 Å². The summed E-state index contributed by atoms with van der Waals surface area (Å²) in [6.07, 6.45) is 7.84. The number of thiophene rings is 1. The molecule has 0 radical (unpaired) electrons. The number of ketones is 1. The highest BCUT2D eigenvalue weighted by Crippen LogP contribution is 2.33. The Balaban J connectivity index is 0.000000166. The first-order valence-corrected chi connectivity index (χ1v) is 13.2. The van der Waals surface area contributed by atoms with Crippen LogP contribution in [0.25, 0.3) is 10.1 Å². The Morgan fingerprint density at radius 1 is 1.06 bits per heavy atom. The second kappa shape index (κ2) is 11.5. The molecule has 0 bridgehead atoms. The normalized spacial score (nSPS) is 15.7. The number of fused-ring (bicyclic) bond motifs is 1. The van der Waals surface area contributed by atoms with E-state index in [4.69, 9.17) is 33.7 Å². The molecule has 0 spiro atoms. The van der Waals surface area contributed by atoms with Gasteiger partial charge in [0.25, 0.3) is 5.91 Å². The third kappa shape index (κ3) is 6.95. The molecule has 8 heteroatoms. The van der Waals surface area contributed by atoms with Gasteiger partial charge >= 0.3 is 0 Å². The Hall–Kier alpha value is -2.12. The van der Waals surface area contributed by atoms with Gasteiger partial charge in [-0.2, -0.15) is 0 Å². The van der Waals surface area contributed by atoms with Crippen LogP contribution in [0.5, 0.6) is 5.75 Å². The van der Waals surface area contributed by atoms with Gasteiger partial charge in [0.15, 0.2) is 0 Å². The van der Waals surface area contributed by atoms with Gasteiger partial charge < -0.3 is 15.4 Å². The number of likely N-dealkylation sites (tertiary alicyclic amines) is 1. The number of carbonyl (C=O) groups excluding carboxylic acids is 2. The molecule has 1 aliphatic carbocycles. The molecule has 180 valence electrons. The summed E-state index contributed by atoms with van der Waals surface area (Å²) in [5.74, 6) is -0.776. The molecule has 1 amide bonds. The fourth-order valence-corrected chi connectivity index (χ4v) is 5.35. The molecular weight excluding hydrogens is 491 g/mol. The number of carbonyl (C=O) groups is 2. The third-order valence-corrected chi connectivity index (χ3v) is 7.47. The monoisotopic (exact) mass is 518 g/mol. The lowest BCUT2D eigenvalue weighted by atomic mass is 10.1. The standard InChI is InChI=1S/C16H22ClNO.C10H6ClNO2S/c17-15-12-13(4-3-11-18-9-1-2-10-18)5-8-16(15)19-14-6-7-14;11-8-4-6-3-5(9(13)10(12)14)1-2-7(6)15-8/h5,8,12,14H,1-4,6-7,9-11H2;1-4H,(H2,12,14). The topological polar surface area (TPSA) is 72.6 Å². The van der Waals surface area contributed by atoms with E-state index in [1.807, 2.05) is 6.07 Å². The van der Waals surface area contributed by atoms with Crippen molar-refractivity contribution in [1.82, 2.24) is 4.90 Å². The van der Waals surface area contributed by atoms with Crippen LogP contribution in [0, 0.1) is 0 Å². The average Bonchev–Trinajstić information content (AvgIpc) is 3.32. The first-order chi connectivity index (χ1) is 16.4. The number of nitrogens with two attached hydrogens (primary N) is 1. The number of amides is 1. The van der Waals surface area contributed by atoms with Crippen molar-refractivity contribution in [3.05, 3.63) is 63.0 Å². The minimum Gasteiger partial charge on any atom is -0.489 e. The highest BCUT2D eigenvalue weighted by molar-refractivity contribution is 7.22. The average molecular weight is 519 g/mol. The van der Waals surface area contributed by atoms with Crippen LogP contribution in [0.4, 0.5) is 0 Å². The van der Waals surface area contributed by atoms with E-state index < -0.39 is 11.7 Å². The molecule has 1 aromatic heterocycles. The van der Waals surface area contributed by atoms with Crippen molar-refractivity contribution in [2.45, 2.75) is 44.6 Å². The van der Waals surface area contributed by atoms with Crippen LogP contribution in [-0.2, 0) is 11.2 Å². The molecule has 1 aliphatic heterocycles. The van der Waals surface area contributed by atoms with Crippen molar-refractivity contribution in [2.24, 2.45) is 5.73 Å². The lowest BCUT2D eigenvalue weighted by Gasteiger charge is -2.14. The summed E-state index contributed by atoms with van der Waals surface area (Å²) in [6.45, 7) is 3.79. The number of Topliss-reactive ketones (excluding diaryl/α,β-unsaturated/α-hetero) is 1. The first kappa shape index (κ1) is 25.0. The number of hydrogen-bond donors (Lipinski definition) is 1. The predicted molar refractivity (Wildman–Crippen MR) is 139 cm³/mol. The smallest absolute Gasteiger partial charge is 0.289 e. The fourth-order valence-electron chi connectivity index (χ4n) is 3.97. The van der Waals surface area contributed by atoms with Gasteiger partial charge in [-0.1, -0.05) is 29.3 Å². The maximum Gasteiger partial charge on any atom is 0.289 e. The van der Waals surface area contributed by atoms with Crippen molar-refractivity contribution in [1.29, 1.82) is 0 Å². The quantitative estimate of drug-likeness (QED) is 0.287. The number of rotatable bonds is 8. The van der Waals surface area contributed by atoms with Crippen molar-refractivity contribution in [3.8, 4) is 5.75 Å². The summed E-state index contributed by atoms with van der Waals surface area (Å²) in [4.78, 5) is 24.5. The van der Waals surface area contributed by atoms with Gasteiger partial charge in [-0.3, -0.25) is 9.59 Å². The van der Waals surface area contributed by atoms with E-state index in [1.165, 1.54) is 68.6 Å². The Bertz CT molecular complexity index is 1170. The van der Waals surface area contributed by atoms with E-state index in [2.05, 4.69) is 17.0 Å². The Morgan fingerprint density at radius 3 is 2.50 bits per heavy atom. The van der Waals surface area contributed by atoms with E-state index in [-0.39, 0.29) is 0 Å². The Morgan fingerprint density at radius 2 is 1.82 bits per heavy atom. The molecule has 3 aromatic rings. The molecule has 2 aromatic carbocycles. The molecule has 5 nitrogen and oxygen atoms in total. The number of nitrogens with zero attached hydrogens (tertiary/aromatic N) is 1. The molecule has 5 rings (SSSR count). The van der Waals surface area contributed by atoms with Gasteiger partial charge in [0, 0.05) is 10.3 Å². The zero-order valence-electron chi connectivity index (χ0n) is 18.9. The number of benzene rings is 2. The summed E-state index contributed by atoms with van der Waals surface area (Å²) in [5.41, 5.74) is 6.53. The molecule has 2 N–H and O–H groups in total. The minimum atomic E-state index is -0.948. The van der Waals surface area contributed by atoms with Crippen molar-refractivity contribution >= 4 is 56.3 Å². The molecule has 2 heterocycles. The SMILES string of the molecule is Clc1cc(CCCN2CCCC2)ccc1OC1CC1.NC(=O)C(=O)c1ccc2sc(Cl)cc2c1. The van der Waals surface area contributed by atoms with Gasteiger partial charge in [-0.05, 0) is 106 Å². The molecular formula is C26H28Cl2N2O3S. The largest absolute Gasteiger partial charge is 0.489 e. The minimum absolute atomic E-state index is 0.296. The van der Waals surface area contributed by atoms with Crippen LogP contribution in [0.15, 0.2) is 42.5 Å². The maximum absolute atomic E-state index is 11.3. The van der Waals surface area contributed by atoms with Crippen LogP contribution >= 0.6 is 34.5 Å². The lowest BCUT2D eigenvalue weighted by molar-refractivity contribution is -0.114. The third-order valence-electron chi connectivity index (χ3n) is 5.92. The van der Waals surface area contributed by atoms with E-state index in [0.29, 0.717) is 16.0 Å². The van der Waals surface area contributed by atoms with Gasteiger partial charge in [0.05, 0.1) is 15.5 Å². The second-order valence-corrected chi connectivity index (χ2v) is 10.9. The van der Waals surface area contributed by atoms with Gasteiger partial charge in [-0.15, -0.1) is 11.3 Å². The molecule has 1 saturated carbocycles. The van der Waals surface area contributed by atoms with Crippen LogP contribution in [0.3, 0.4) is 0 Å². The van der Waals surface area contributed by atoms with Gasteiger partial charge in [0.2, 0.25) is 5.78 Å². The van der Waals surface area contributed by atoms with Crippen molar-refractivity contribution in [3.63, 3.8) is 0 Å². The molecule has 2 fully saturated rings. The zero-order valence-corrected chi connectivity index (χ0v) is 21.2. The van der Waals surface area contributed by atoms with Crippen LogP contribution in [0.2, 0.25) is 9.36 Å². The molecule has 0 unspecified atom stereocenters. The number of aryl methyl sites for hydroxylation is 1. The number of halogens is 2. The van der Waals surface area contributed by atoms with Gasteiger partial charge in [0.1, 0.15) is 5.75 Å². The Labute approximate surface area is 213 Å². The Kier molecular flexibility index (Phi) is 8.48. The van der Waals surface area contributed by atoms with E-state index in [9.17, 15) is 9.59 Å². The lowest BCUT2D eigenvalue weighted by Crippen LogP contribution is -2.22. The fraction of sp³-hybridized carbons (Fsp3) is 0.385. The predicted octanol–water partition coefficient (Wildman–Crippen LogP) is 6.13. The number of ether oxygens (including phenoxy) is 1. The summed E-state index contributed by atoms with van der Waals surface area (Å²) in [5, 5.41) is 1.61. The van der Waals surface area contributed by atoms with Crippen LogP contribution in [0.1, 0.15) is 48.0 Å². The summed E-state index contributed by atoms with van der Waals surface area (Å²) < 4.78 is 7.38. The number of primary amides is 1. The maximum atomic E-state index is 11.3. The first-order valence-electron chi connectivity index (χ1n) is 11.6. The van der Waals surface area contributed by atoms with E-state index >= 15 is 0 Å². The van der Waals surface area contributed by atoms with Crippen LogP contribution in [-0.4, -0.2) is 42.3 Å². The zero-order chi connectivity index (χ0) is 24.1. The highest BCUT2D eigenvalue weighted by Gasteiger charge is 2.24. The summed E-state index contributed by atoms with van der Waals surface area (Å²) in [7, 11) is 0. The highest BCUT2D eigenvalue weighted by atomic mass is 35.5.